The average Bonchev–Trinajstić information content (AvgIpc) is 2.39. The molecule has 0 atom stereocenters. The highest BCUT2D eigenvalue weighted by molar-refractivity contribution is 6.36. The van der Waals surface area contributed by atoms with Gasteiger partial charge in [-0.2, -0.15) is 0 Å². The molecule has 3 N–H and O–H groups in total. The summed E-state index contributed by atoms with van der Waals surface area (Å²) in [5.74, 6) is -0.339. The number of halogens is 1. The summed E-state index contributed by atoms with van der Waals surface area (Å²) in [5.41, 5.74) is 5.46. The normalized spacial score (nSPS) is 18.4. The average molecular weight is 254 g/mol. The first-order valence-corrected chi connectivity index (χ1v) is 5.42. The molecule has 0 saturated carbocycles. The number of nitrogen functional groups attached to an aromatic ring is 1. The molecule has 1 aliphatic heterocycles. The van der Waals surface area contributed by atoms with Crippen molar-refractivity contribution in [1.82, 2.24) is 5.32 Å². The van der Waals surface area contributed by atoms with Crippen molar-refractivity contribution < 1.29 is 9.59 Å². The molecule has 0 bridgehead atoms. The molecule has 90 valence electrons. The molecular weight excluding hydrogens is 242 g/mol. The first kappa shape index (κ1) is 11.7. The van der Waals surface area contributed by atoms with Gasteiger partial charge in [0.2, 0.25) is 0 Å². The summed E-state index contributed by atoms with van der Waals surface area (Å²) in [7, 11) is 0. The van der Waals surface area contributed by atoms with Crippen LogP contribution in [0.5, 0.6) is 0 Å². The van der Waals surface area contributed by atoms with Crippen LogP contribution in [0.25, 0.3) is 0 Å². The van der Waals surface area contributed by atoms with Crippen LogP contribution in [0.15, 0.2) is 18.2 Å². The lowest BCUT2D eigenvalue weighted by Crippen LogP contribution is -2.40. The van der Waals surface area contributed by atoms with Gasteiger partial charge >= 0.3 is 6.03 Å². The minimum Gasteiger partial charge on any atom is -0.399 e. The van der Waals surface area contributed by atoms with Gasteiger partial charge in [-0.1, -0.05) is 11.6 Å². The van der Waals surface area contributed by atoms with Crippen LogP contribution >= 0.6 is 11.6 Å². The molecule has 1 saturated heterocycles. The Bertz CT molecular complexity index is 513. The molecule has 6 heteroatoms. The molecule has 0 unspecified atom stereocenters. The molecule has 0 radical (unpaired) electrons. The smallest absolute Gasteiger partial charge is 0.329 e. The molecule has 1 fully saturated rings. The lowest BCUT2D eigenvalue weighted by Gasteiger charge is -2.17. The van der Waals surface area contributed by atoms with Gasteiger partial charge in [0.1, 0.15) is 5.54 Å². The summed E-state index contributed by atoms with van der Waals surface area (Å²) < 4.78 is 0. The van der Waals surface area contributed by atoms with Gasteiger partial charge in [0, 0.05) is 5.69 Å². The van der Waals surface area contributed by atoms with Crippen LogP contribution in [0, 0.1) is 0 Å². The summed E-state index contributed by atoms with van der Waals surface area (Å²) in [6, 6.07) is 4.17. The Morgan fingerprint density at radius 2 is 2.00 bits per heavy atom. The van der Waals surface area contributed by atoms with E-state index in [1.807, 2.05) is 0 Å². The summed E-state index contributed by atoms with van der Waals surface area (Å²) in [6.45, 7) is 3.27. The van der Waals surface area contributed by atoms with E-state index >= 15 is 0 Å². The highest BCUT2D eigenvalue weighted by atomic mass is 35.5. The molecule has 1 aliphatic rings. The lowest BCUT2D eigenvalue weighted by atomic mass is 10.1. The second-order valence-corrected chi connectivity index (χ2v) is 4.81. The second kappa shape index (κ2) is 3.63. The molecule has 17 heavy (non-hydrogen) atoms. The van der Waals surface area contributed by atoms with Crippen molar-refractivity contribution in [2.24, 2.45) is 0 Å². The standard InChI is InChI=1S/C11H12ClN3O2/c1-11(2)9(16)15(10(17)14-11)8-4-3-6(13)5-7(8)12/h3-5H,13H2,1-2H3,(H,14,17). The Morgan fingerprint density at radius 1 is 1.35 bits per heavy atom. The van der Waals surface area contributed by atoms with Crippen molar-refractivity contribution in [3.63, 3.8) is 0 Å². The number of benzene rings is 1. The monoisotopic (exact) mass is 253 g/mol. The van der Waals surface area contributed by atoms with Crippen molar-refractivity contribution in [1.29, 1.82) is 0 Å². The van der Waals surface area contributed by atoms with Gasteiger partial charge < -0.3 is 11.1 Å². The van der Waals surface area contributed by atoms with Crippen molar-refractivity contribution >= 4 is 34.9 Å². The van der Waals surface area contributed by atoms with Gasteiger partial charge in [0.15, 0.2) is 0 Å². The number of anilines is 2. The third-order valence-corrected chi connectivity index (χ3v) is 2.88. The van der Waals surface area contributed by atoms with Crippen LogP contribution in [-0.4, -0.2) is 17.5 Å². The molecular formula is C11H12ClN3O2. The maximum atomic E-state index is 12.0. The summed E-state index contributed by atoms with van der Waals surface area (Å²) in [4.78, 5) is 24.8. The van der Waals surface area contributed by atoms with E-state index in [-0.39, 0.29) is 10.9 Å². The first-order chi connectivity index (χ1) is 7.83. The summed E-state index contributed by atoms with van der Waals surface area (Å²) in [5, 5.41) is 2.85. The molecule has 2 rings (SSSR count). The van der Waals surface area contributed by atoms with E-state index in [9.17, 15) is 9.59 Å². The first-order valence-electron chi connectivity index (χ1n) is 5.04. The Morgan fingerprint density at radius 3 is 2.47 bits per heavy atom. The van der Waals surface area contributed by atoms with Crippen molar-refractivity contribution in [2.75, 3.05) is 10.6 Å². The number of hydrogen-bond acceptors (Lipinski definition) is 3. The van der Waals surface area contributed by atoms with Crippen LogP contribution in [-0.2, 0) is 4.79 Å². The SMILES string of the molecule is CC1(C)NC(=O)N(c2ccc(N)cc2Cl)C1=O. The van der Waals surface area contributed by atoms with Gasteiger partial charge in [-0.05, 0) is 32.0 Å². The Balaban J connectivity index is 2.48. The number of hydrogen-bond donors (Lipinski definition) is 2. The van der Waals surface area contributed by atoms with E-state index in [2.05, 4.69) is 5.32 Å². The van der Waals surface area contributed by atoms with Gasteiger partial charge in [0.25, 0.3) is 5.91 Å². The number of amides is 3. The zero-order valence-corrected chi connectivity index (χ0v) is 10.2. The Kier molecular flexibility index (Phi) is 2.50. The number of nitrogens with two attached hydrogens (primary N) is 1. The van der Waals surface area contributed by atoms with Crippen LogP contribution in [0.1, 0.15) is 13.8 Å². The van der Waals surface area contributed by atoms with Gasteiger partial charge in [-0.3, -0.25) is 4.79 Å². The predicted molar refractivity (Wildman–Crippen MR) is 66.0 cm³/mol. The number of rotatable bonds is 1. The van der Waals surface area contributed by atoms with Gasteiger partial charge in [-0.15, -0.1) is 0 Å². The molecule has 1 aromatic rings. The fourth-order valence-corrected chi connectivity index (χ4v) is 1.95. The fraction of sp³-hybridized carbons (Fsp3) is 0.273. The summed E-state index contributed by atoms with van der Waals surface area (Å²) >= 11 is 5.98. The quantitative estimate of drug-likeness (QED) is 0.591. The van der Waals surface area contributed by atoms with Crippen LogP contribution in [0.2, 0.25) is 5.02 Å². The number of nitrogens with one attached hydrogen (secondary N) is 1. The van der Waals surface area contributed by atoms with Crippen molar-refractivity contribution in [3.8, 4) is 0 Å². The maximum absolute atomic E-state index is 12.0. The third kappa shape index (κ3) is 1.82. The zero-order chi connectivity index (χ0) is 12.8. The Hall–Kier alpha value is -1.75. The summed E-state index contributed by atoms with van der Waals surface area (Å²) in [6.07, 6.45) is 0. The highest BCUT2D eigenvalue weighted by Crippen LogP contribution is 2.32. The lowest BCUT2D eigenvalue weighted by molar-refractivity contribution is -0.121. The third-order valence-electron chi connectivity index (χ3n) is 2.57. The van der Waals surface area contributed by atoms with Gasteiger partial charge in [-0.25, -0.2) is 9.69 Å². The van der Waals surface area contributed by atoms with E-state index in [0.29, 0.717) is 11.4 Å². The van der Waals surface area contributed by atoms with Crippen molar-refractivity contribution in [2.45, 2.75) is 19.4 Å². The molecule has 0 spiro atoms. The fourth-order valence-electron chi connectivity index (χ4n) is 1.67. The number of carbonyl (C=O) groups is 2. The van der Waals surface area contributed by atoms with E-state index in [4.69, 9.17) is 17.3 Å². The maximum Gasteiger partial charge on any atom is 0.329 e. The molecule has 3 amide bonds. The number of imide groups is 1. The second-order valence-electron chi connectivity index (χ2n) is 4.41. The predicted octanol–water partition coefficient (Wildman–Crippen LogP) is 1.76. The van der Waals surface area contributed by atoms with E-state index < -0.39 is 11.6 Å². The minimum absolute atomic E-state index is 0.270. The van der Waals surface area contributed by atoms with Crippen molar-refractivity contribution in [3.05, 3.63) is 23.2 Å². The molecule has 5 nitrogen and oxygen atoms in total. The highest BCUT2D eigenvalue weighted by Gasteiger charge is 2.45. The van der Waals surface area contributed by atoms with E-state index in [0.717, 1.165) is 4.90 Å². The zero-order valence-electron chi connectivity index (χ0n) is 9.45. The van der Waals surface area contributed by atoms with E-state index in [1.165, 1.54) is 6.07 Å². The van der Waals surface area contributed by atoms with Gasteiger partial charge in [0.05, 0.1) is 10.7 Å². The van der Waals surface area contributed by atoms with Crippen LogP contribution < -0.4 is 16.0 Å². The number of nitrogens with zero attached hydrogens (tertiary/aromatic N) is 1. The number of urea groups is 1. The Labute approximate surface area is 104 Å². The largest absolute Gasteiger partial charge is 0.399 e. The number of carbonyl (C=O) groups excluding carboxylic acids is 2. The molecule has 0 aliphatic carbocycles. The molecule has 1 aromatic carbocycles. The molecule has 0 aromatic heterocycles. The van der Waals surface area contributed by atoms with Crippen LogP contribution in [0.4, 0.5) is 16.2 Å². The van der Waals surface area contributed by atoms with E-state index in [1.54, 1.807) is 26.0 Å². The topological polar surface area (TPSA) is 75.4 Å². The minimum atomic E-state index is -0.915. The molecule has 1 heterocycles. The van der Waals surface area contributed by atoms with Crippen LogP contribution in [0.3, 0.4) is 0 Å².